The van der Waals surface area contributed by atoms with Gasteiger partial charge in [-0.25, -0.2) is 0 Å². The molecule has 0 aliphatic carbocycles. The monoisotopic (exact) mass is 250 g/mol. The topological polar surface area (TPSA) is 33.7 Å². The van der Waals surface area contributed by atoms with Crippen LogP contribution in [-0.4, -0.2) is 39.9 Å². The van der Waals surface area contributed by atoms with Crippen LogP contribution >= 0.6 is 0 Å². The second-order valence-electron chi connectivity index (χ2n) is 4.54. The highest BCUT2D eigenvalue weighted by Crippen LogP contribution is 2.31. The van der Waals surface area contributed by atoms with Crippen LogP contribution in [0.1, 0.15) is 13.3 Å². The third kappa shape index (κ3) is 2.70. The summed E-state index contributed by atoms with van der Waals surface area (Å²) in [4.78, 5) is 2.40. The van der Waals surface area contributed by atoms with Crippen molar-refractivity contribution in [1.29, 1.82) is 0 Å². The molecular formula is C14H22N2O2. The first-order valence-corrected chi connectivity index (χ1v) is 6.48. The van der Waals surface area contributed by atoms with Crippen molar-refractivity contribution in [3.05, 3.63) is 18.2 Å². The van der Waals surface area contributed by atoms with Crippen LogP contribution in [0, 0.1) is 0 Å². The summed E-state index contributed by atoms with van der Waals surface area (Å²) in [6, 6.07) is 6.69. The summed E-state index contributed by atoms with van der Waals surface area (Å²) in [6.45, 7) is 5.33. The van der Waals surface area contributed by atoms with E-state index in [9.17, 15) is 0 Å². The largest absolute Gasteiger partial charge is 0.493 e. The van der Waals surface area contributed by atoms with Crippen molar-refractivity contribution >= 4 is 5.69 Å². The molecule has 0 bridgehead atoms. The van der Waals surface area contributed by atoms with Gasteiger partial charge in [0.1, 0.15) is 0 Å². The van der Waals surface area contributed by atoms with Crippen molar-refractivity contribution in [3.8, 4) is 11.5 Å². The molecule has 0 spiro atoms. The van der Waals surface area contributed by atoms with Crippen LogP contribution in [0.4, 0.5) is 5.69 Å². The zero-order chi connectivity index (χ0) is 13.0. The molecule has 1 saturated heterocycles. The normalized spacial score (nSPS) is 19.7. The van der Waals surface area contributed by atoms with E-state index in [2.05, 4.69) is 29.3 Å². The number of hydrogen-bond donors (Lipinski definition) is 1. The van der Waals surface area contributed by atoms with Crippen LogP contribution in [0.25, 0.3) is 0 Å². The van der Waals surface area contributed by atoms with E-state index in [0.29, 0.717) is 6.04 Å². The summed E-state index contributed by atoms with van der Waals surface area (Å²) in [5, 5.41) is 3.52. The summed E-state index contributed by atoms with van der Waals surface area (Å²) in [5.74, 6) is 1.57. The number of nitrogens with one attached hydrogen (secondary N) is 1. The second kappa shape index (κ2) is 5.96. The van der Waals surface area contributed by atoms with Crippen LogP contribution in [0.3, 0.4) is 0 Å². The Bertz CT molecular complexity index is 395. The van der Waals surface area contributed by atoms with Gasteiger partial charge in [-0.1, -0.05) is 6.92 Å². The molecule has 4 nitrogen and oxygen atoms in total. The van der Waals surface area contributed by atoms with E-state index in [1.54, 1.807) is 14.2 Å². The first-order valence-electron chi connectivity index (χ1n) is 6.48. The number of benzene rings is 1. The minimum atomic E-state index is 0.576. The predicted octanol–water partition coefficient (Wildman–Crippen LogP) is 1.89. The van der Waals surface area contributed by atoms with Gasteiger partial charge in [-0.2, -0.15) is 0 Å². The summed E-state index contributed by atoms with van der Waals surface area (Å²) in [5.41, 5.74) is 1.20. The maximum Gasteiger partial charge on any atom is 0.162 e. The molecule has 0 amide bonds. The first-order chi connectivity index (χ1) is 8.78. The molecule has 100 valence electrons. The van der Waals surface area contributed by atoms with E-state index in [0.717, 1.165) is 37.6 Å². The molecule has 1 heterocycles. The Kier molecular flexibility index (Phi) is 4.31. The number of rotatable bonds is 4. The molecule has 0 aromatic heterocycles. The zero-order valence-electron chi connectivity index (χ0n) is 11.4. The fourth-order valence-electron chi connectivity index (χ4n) is 2.36. The number of ether oxygens (including phenoxy) is 2. The maximum atomic E-state index is 5.35. The van der Waals surface area contributed by atoms with Crippen molar-refractivity contribution in [2.75, 3.05) is 38.8 Å². The molecule has 1 aromatic rings. The van der Waals surface area contributed by atoms with Gasteiger partial charge < -0.3 is 19.7 Å². The third-order valence-corrected chi connectivity index (χ3v) is 3.48. The van der Waals surface area contributed by atoms with Crippen LogP contribution in [0.5, 0.6) is 11.5 Å². The van der Waals surface area contributed by atoms with Crippen LogP contribution < -0.4 is 19.7 Å². The Morgan fingerprint density at radius 2 is 2.06 bits per heavy atom. The van der Waals surface area contributed by atoms with Crippen molar-refractivity contribution in [2.45, 2.75) is 19.4 Å². The maximum absolute atomic E-state index is 5.35. The van der Waals surface area contributed by atoms with Gasteiger partial charge in [0.15, 0.2) is 11.5 Å². The lowest BCUT2D eigenvalue weighted by Gasteiger charge is -2.35. The number of hydrogen-bond acceptors (Lipinski definition) is 4. The Balaban J connectivity index is 2.17. The van der Waals surface area contributed by atoms with E-state index in [1.165, 1.54) is 5.69 Å². The van der Waals surface area contributed by atoms with Crippen molar-refractivity contribution in [2.24, 2.45) is 0 Å². The van der Waals surface area contributed by atoms with E-state index < -0.39 is 0 Å². The summed E-state index contributed by atoms with van der Waals surface area (Å²) >= 11 is 0. The average Bonchev–Trinajstić information content (AvgIpc) is 2.46. The van der Waals surface area contributed by atoms with E-state index in [1.807, 2.05) is 6.07 Å². The summed E-state index contributed by atoms with van der Waals surface area (Å²) in [7, 11) is 3.34. The van der Waals surface area contributed by atoms with E-state index in [-0.39, 0.29) is 0 Å². The predicted molar refractivity (Wildman–Crippen MR) is 73.8 cm³/mol. The molecule has 1 aliphatic heterocycles. The Hall–Kier alpha value is -1.42. The molecule has 1 atom stereocenters. The van der Waals surface area contributed by atoms with Gasteiger partial charge in [0.25, 0.3) is 0 Å². The molecule has 0 saturated carbocycles. The van der Waals surface area contributed by atoms with Gasteiger partial charge in [0.05, 0.1) is 14.2 Å². The highest BCUT2D eigenvalue weighted by molar-refractivity contribution is 5.56. The summed E-state index contributed by atoms with van der Waals surface area (Å²) in [6.07, 6.45) is 1.16. The molecule has 1 N–H and O–H groups in total. The molecular weight excluding hydrogens is 228 g/mol. The lowest BCUT2D eigenvalue weighted by atomic mass is 10.1. The minimum absolute atomic E-state index is 0.576. The third-order valence-electron chi connectivity index (χ3n) is 3.48. The number of anilines is 1. The molecule has 1 aromatic carbocycles. The molecule has 0 radical (unpaired) electrons. The second-order valence-corrected chi connectivity index (χ2v) is 4.54. The van der Waals surface area contributed by atoms with Gasteiger partial charge in [0, 0.05) is 37.4 Å². The highest BCUT2D eigenvalue weighted by Gasteiger charge is 2.19. The van der Waals surface area contributed by atoms with Crippen molar-refractivity contribution in [3.63, 3.8) is 0 Å². The molecule has 1 unspecified atom stereocenters. The first kappa shape index (κ1) is 13.0. The lowest BCUT2D eigenvalue weighted by Crippen LogP contribution is -2.50. The minimum Gasteiger partial charge on any atom is -0.493 e. The average molecular weight is 250 g/mol. The van der Waals surface area contributed by atoms with E-state index in [4.69, 9.17) is 9.47 Å². The van der Waals surface area contributed by atoms with E-state index >= 15 is 0 Å². The Labute approximate surface area is 109 Å². The SMILES string of the molecule is CCC1CN(c2ccc(OC)c(OC)c2)CCN1. The van der Waals surface area contributed by atoms with Crippen molar-refractivity contribution in [1.82, 2.24) is 5.32 Å². The van der Waals surface area contributed by atoms with Gasteiger partial charge in [-0.15, -0.1) is 0 Å². The van der Waals surface area contributed by atoms with Gasteiger partial charge in [-0.05, 0) is 18.6 Å². The molecule has 1 aliphatic rings. The molecule has 18 heavy (non-hydrogen) atoms. The molecule has 2 rings (SSSR count). The lowest BCUT2D eigenvalue weighted by molar-refractivity contribution is 0.354. The fraction of sp³-hybridized carbons (Fsp3) is 0.571. The molecule has 4 heteroatoms. The van der Waals surface area contributed by atoms with Crippen LogP contribution in [-0.2, 0) is 0 Å². The van der Waals surface area contributed by atoms with Gasteiger partial charge in [0.2, 0.25) is 0 Å². The number of nitrogens with zero attached hydrogens (tertiary/aromatic N) is 1. The molecule has 1 fully saturated rings. The zero-order valence-corrected chi connectivity index (χ0v) is 11.4. The Morgan fingerprint density at radius 1 is 1.28 bits per heavy atom. The Morgan fingerprint density at radius 3 is 2.72 bits per heavy atom. The standard InChI is InChI=1S/C14H22N2O2/c1-4-11-10-16(8-7-15-11)12-5-6-13(17-2)14(9-12)18-3/h5-6,9,11,15H,4,7-8,10H2,1-3H3. The van der Waals surface area contributed by atoms with Gasteiger partial charge >= 0.3 is 0 Å². The quantitative estimate of drug-likeness (QED) is 0.885. The van der Waals surface area contributed by atoms with Crippen LogP contribution in [0.2, 0.25) is 0 Å². The van der Waals surface area contributed by atoms with Gasteiger partial charge in [-0.3, -0.25) is 0 Å². The summed E-state index contributed by atoms with van der Waals surface area (Å²) < 4.78 is 10.6. The fourth-order valence-corrected chi connectivity index (χ4v) is 2.36. The van der Waals surface area contributed by atoms with Crippen LogP contribution in [0.15, 0.2) is 18.2 Å². The number of methoxy groups -OCH3 is 2. The number of piperazine rings is 1. The van der Waals surface area contributed by atoms with Crippen molar-refractivity contribution < 1.29 is 9.47 Å². The smallest absolute Gasteiger partial charge is 0.162 e. The highest BCUT2D eigenvalue weighted by atomic mass is 16.5.